The smallest absolute Gasteiger partial charge is 0.345 e. The normalized spacial score (nSPS) is 14.5. The van der Waals surface area contributed by atoms with Crippen LogP contribution < -0.4 is 5.32 Å². The number of hydrogen-bond donors (Lipinski definition) is 1. The van der Waals surface area contributed by atoms with Crippen molar-refractivity contribution >= 4 is 25.6 Å². The molecule has 0 bridgehead atoms. The number of halogens is 6. The molecule has 1 N–H and O–H groups in total. The quantitative estimate of drug-likeness (QED) is 0.491. The Bertz CT molecular complexity index is 925. The zero-order valence-electron chi connectivity index (χ0n) is 14.6. The van der Waals surface area contributed by atoms with E-state index in [1.807, 2.05) is 5.32 Å². The Hall–Kier alpha value is -2.09. The lowest BCUT2D eigenvalue weighted by Crippen LogP contribution is -2.47. The number of amides is 1. The summed E-state index contributed by atoms with van der Waals surface area (Å²) in [6.07, 6.45) is -1.73. The minimum atomic E-state index is -6.82. The molecule has 0 radical (unpaired) electrons. The van der Waals surface area contributed by atoms with E-state index in [9.17, 15) is 48.0 Å². The molecule has 14 heteroatoms. The molecule has 0 heterocycles. The predicted molar refractivity (Wildman–Crippen MR) is 90.5 cm³/mol. The van der Waals surface area contributed by atoms with E-state index in [1.54, 1.807) is 0 Å². The van der Waals surface area contributed by atoms with Gasteiger partial charge in [-0.15, -0.1) is 0 Å². The SMILES string of the molecule is C=C(C)C(=O)NC(CC(S(=O)(=O)C(F)(F)F)S(=O)(=O)C(F)(F)F)c1ccccc1. The minimum absolute atomic E-state index is 0.109. The van der Waals surface area contributed by atoms with Crippen molar-refractivity contribution in [3.8, 4) is 0 Å². The molecule has 6 nitrogen and oxygen atoms in total. The van der Waals surface area contributed by atoms with Gasteiger partial charge in [-0.2, -0.15) is 26.3 Å². The maximum Gasteiger partial charge on any atom is 0.498 e. The molecule has 0 aliphatic carbocycles. The first kappa shape index (κ1) is 24.9. The van der Waals surface area contributed by atoms with Gasteiger partial charge < -0.3 is 5.32 Å². The number of sulfone groups is 2. The van der Waals surface area contributed by atoms with Gasteiger partial charge in [-0.1, -0.05) is 36.9 Å². The van der Waals surface area contributed by atoms with Gasteiger partial charge in [0.1, 0.15) is 0 Å². The summed E-state index contributed by atoms with van der Waals surface area (Å²) in [6.45, 7) is 4.42. The van der Waals surface area contributed by atoms with Gasteiger partial charge in [-0.3, -0.25) is 4.79 Å². The predicted octanol–water partition coefficient (Wildman–Crippen LogP) is 3.01. The highest BCUT2D eigenvalue weighted by Gasteiger charge is 2.63. The van der Waals surface area contributed by atoms with Crippen LogP contribution in [-0.2, 0) is 24.5 Å². The lowest BCUT2D eigenvalue weighted by molar-refractivity contribution is -0.118. The summed E-state index contributed by atoms with van der Waals surface area (Å²) in [5, 5.41) is 2.01. The van der Waals surface area contributed by atoms with E-state index >= 15 is 0 Å². The van der Waals surface area contributed by atoms with Crippen molar-refractivity contribution in [2.24, 2.45) is 0 Å². The van der Waals surface area contributed by atoms with E-state index in [4.69, 9.17) is 0 Å². The monoisotopic (exact) mass is 467 g/mol. The Kier molecular flexibility index (Phi) is 7.17. The molecule has 0 aliphatic rings. The van der Waals surface area contributed by atoms with Crippen LogP contribution in [-0.4, -0.2) is 38.3 Å². The fourth-order valence-corrected chi connectivity index (χ4v) is 5.63. The minimum Gasteiger partial charge on any atom is -0.345 e. The van der Waals surface area contributed by atoms with E-state index < -0.39 is 53.6 Å². The van der Waals surface area contributed by atoms with Gasteiger partial charge in [-0.25, -0.2) is 16.8 Å². The fraction of sp³-hybridized carbons (Fsp3) is 0.400. The Labute approximate surface area is 162 Å². The standard InChI is InChI=1S/C15H15F6NO5S2/c1-9(2)13(23)22-11(10-6-4-3-5-7-10)8-12(28(24,25)14(16,17)18)29(26,27)15(19,20)21/h3-7,11-12H,1,8H2,2H3,(H,22,23). The van der Waals surface area contributed by atoms with E-state index in [-0.39, 0.29) is 11.1 Å². The second kappa shape index (κ2) is 8.34. The van der Waals surface area contributed by atoms with Gasteiger partial charge in [-0.05, 0) is 12.5 Å². The maximum absolute atomic E-state index is 12.9. The van der Waals surface area contributed by atoms with Crippen LogP contribution in [0.15, 0.2) is 42.5 Å². The van der Waals surface area contributed by atoms with Crippen LogP contribution in [0.2, 0.25) is 0 Å². The van der Waals surface area contributed by atoms with Crippen LogP contribution in [0.25, 0.3) is 0 Å². The summed E-state index contributed by atoms with van der Waals surface area (Å²) in [7, 11) is -13.6. The number of alkyl halides is 6. The second-order valence-corrected chi connectivity index (χ2v) is 10.4. The zero-order valence-corrected chi connectivity index (χ0v) is 16.2. The van der Waals surface area contributed by atoms with E-state index in [2.05, 4.69) is 6.58 Å². The molecule has 1 unspecified atom stereocenters. The molecule has 1 rings (SSSR count). The summed E-state index contributed by atoms with van der Waals surface area (Å²) in [6, 6.07) is 4.57. The fourth-order valence-electron chi connectivity index (χ4n) is 2.16. The van der Waals surface area contributed by atoms with Crippen LogP contribution in [0.3, 0.4) is 0 Å². The number of carbonyl (C=O) groups excluding carboxylic acids is 1. The van der Waals surface area contributed by atoms with Gasteiger partial charge in [0, 0.05) is 12.0 Å². The summed E-state index contributed by atoms with van der Waals surface area (Å²) < 4.78 is 120. The highest BCUT2D eigenvalue weighted by molar-refractivity contribution is 8.09. The topological polar surface area (TPSA) is 97.4 Å². The highest BCUT2D eigenvalue weighted by atomic mass is 32.3. The first-order chi connectivity index (χ1) is 12.9. The van der Waals surface area contributed by atoms with Crippen LogP contribution in [0.4, 0.5) is 26.3 Å². The summed E-state index contributed by atoms with van der Waals surface area (Å²) in [5.41, 5.74) is -12.9. The number of carbonyl (C=O) groups is 1. The van der Waals surface area contributed by atoms with Crippen molar-refractivity contribution in [1.29, 1.82) is 0 Å². The summed E-state index contributed by atoms with van der Waals surface area (Å²) >= 11 is 0. The molecule has 0 aliphatic heterocycles. The molecule has 1 amide bonds. The number of rotatable bonds is 7. The molecule has 164 valence electrons. The van der Waals surface area contributed by atoms with Crippen LogP contribution in [0, 0.1) is 0 Å². The summed E-state index contributed by atoms with van der Waals surface area (Å²) in [4.78, 5) is 11.8. The van der Waals surface area contributed by atoms with Gasteiger partial charge in [0.15, 0.2) is 4.58 Å². The Morgan fingerprint density at radius 2 is 1.38 bits per heavy atom. The van der Waals surface area contributed by atoms with Crippen molar-refractivity contribution in [3.63, 3.8) is 0 Å². The Morgan fingerprint density at radius 3 is 1.72 bits per heavy atom. The van der Waals surface area contributed by atoms with Gasteiger partial charge in [0.05, 0.1) is 6.04 Å². The van der Waals surface area contributed by atoms with E-state index in [0.29, 0.717) is 0 Å². The van der Waals surface area contributed by atoms with Gasteiger partial charge in [0.25, 0.3) is 19.7 Å². The molecule has 0 saturated carbocycles. The molecule has 1 atom stereocenters. The lowest BCUT2D eigenvalue weighted by atomic mass is 10.0. The molecule has 0 saturated heterocycles. The van der Waals surface area contributed by atoms with Crippen molar-refractivity contribution in [1.82, 2.24) is 5.32 Å². The van der Waals surface area contributed by atoms with Crippen molar-refractivity contribution < 1.29 is 48.0 Å². The molecular weight excluding hydrogens is 452 g/mol. The first-order valence-electron chi connectivity index (χ1n) is 7.54. The Morgan fingerprint density at radius 1 is 0.966 bits per heavy atom. The van der Waals surface area contributed by atoms with Crippen LogP contribution >= 0.6 is 0 Å². The van der Waals surface area contributed by atoms with Gasteiger partial charge in [0.2, 0.25) is 5.91 Å². The van der Waals surface area contributed by atoms with Crippen LogP contribution in [0.1, 0.15) is 24.9 Å². The average molecular weight is 467 g/mol. The molecule has 0 fully saturated rings. The van der Waals surface area contributed by atoms with E-state index in [0.717, 1.165) is 0 Å². The molecule has 0 spiro atoms. The third kappa shape index (κ3) is 5.50. The molecule has 1 aromatic carbocycles. The third-order valence-corrected chi connectivity index (χ3v) is 8.24. The van der Waals surface area contributed by atoms with Crippen LogP contribution in [0.5, 0.6) is 0 Å². The zero-order chi connectivity index (χ0) is 22.8. The van der Waals surface area contributed by atoms with Crippen molar-refractivity contribution in [3.05, 3.63) is 48.0 Å². The average Bonchev–Trinajstić information content (AvgIpc) is 2.56. The second-order valence-electron chi connectivity index (χ2n) is 5.86. The third-order valence-electron chi connectivity index (χ3n) is 3.66. The lowest BCUT2D eigenvalue weighted by Gasteiger charge is -2.26. The molecule has 1 aromatic rings. The maximum atomic E-state index is 12.9. The first-order valence-corrected chi connectivity index (χ1v) is 10.6. The van der Waals surface area contributed by atoms with Gasteiger partial charge >= 0.3 is 11.0 Å². The molecule has 29 heavy (non-hydrogen) atoms. The van der Waals surface area contributed by atoms with Crippen molar-refractivity contribution in [2.75, 3.05) is 0 Å². The highest BCUT2D eigenvalue weighted by Crippen LogP contribution is 2.40. The van der Waals surface area contributed by atoms with Crippen molar-refractivity contribution in [2.45, 2.75) is 35.0 Å². The molecular formula is C15H15F6NO5S2. The largest absolute Gasteiger partial charge is 0.498 e. The Balaban J connectivity index is 3.62. The molecule has 0 aromatic heterocycles. The number of hydrogen-bond acceptors (Lipinski definition) is 5. The number of nitrogens with one attached hydrogen (secondary N) is 1. The summed E-state index contributed by atoms with van der Waals surface area (Å²) in [5.74, 6) is -1.02. The van der Waals surface area contributed by atoms with E-state index in [1.165, 1.54) is 37.3 Å². The number of benzene rings is 1.